The van der Waals surface area contributed by atoms with Crippen LogP contribution in [0.5, 0.6) is 11.5 Å². The molecule has 0 radical (unpaired) electrons. The molecule has 3 aromatic carbocycles. The lowest BCUT2D eigenvalue weighted by atomic mass is 10.2. The van der Waals surface area contributed by atoms with Gasteiger partial charge in [0.15, 0.2) is 11.6 Å². The van der Waals surface area contributed by atoms with E-state index in [-0.39, 0.29) is 6.17 Å². The highest BCUT2D eigenvalue weighted by molar-refractivity contribution is 8.09. The maximum Gasteiger partial charge on any atom is 0.235 e. The summed E-state index contributed by atoms with van der Waals surface area (Å²) >= 11 is -0.513. The number of nitrogens with one attached hydrogen (secondary N) is 1. The molecule has 2 N–H and O–H groups in total. The fourth-order valence-electron chi connectivity index (χ4n) is 3.24. The Balaban J connectivity index is 1.19. The Kier molecular flexibility index (Phi) is 6.77. The van der Waals surface area contributed by atoms with Crippen molar-refractivity contribution in [1.29, 1.82) is 0 Å². The first-order valence-corrected chi connectivity index (χ1v) is 12.2. The Morgan fingerprint density at radius 2 is 1.79 bits per heavy atom. The number of rotatable bonds is 7. The lowest BCUT2D eigenvalue weighted by Crippen LogP contribution is -2.32. The molecule has 3 aromatic rings. The summed E-state index contributed by atoms with van der Waals surface area (Å²) in [6.45, 7) is 1.99. The Hall–Kier alpha value is -3.38. The van der Waals surface area contributed by atoms with Gasteiger partial charge in [-0.2, -0.15) is 14.6 Å². The average Bonchev–Trinajstić information content (AvgIpc) is 3.42. The van der Waals surface area contributed by atoms with Crippen LogP contribution in [0.2, 0.25) is 0 Å². The number of aryl methyl sites for hydroxylation is 1. The normalized spacial score (nSPS) is 17.6. The first-order chi connectivity index (χ1) is 16.6. The van der Waals surface area contributed by atoms with Crippen molar-refractivity contribution in [3.05, 3.63) is 90.0 Å². The minimum Gasteiger partial charge on any atom is -0.395 e. The molecule has 2 aliphatic rings. The fraction of sp³-hybridized carbons (Fsp3) is 0.130. The molecular formula is C23H21N5O4S2. The molecule has 0 saturated carbocycles. The summed E-state index contributed by atoms with van der Waals surface area (Å²) in [5.41, 5.74) is 5.67. The third kappa shape index (κ3) is 5.39. The van der Waals surface area contributed by atoms with Crippen LogP contribution >= 0.6 is 12.0 Å². The molecule has 0 amide bonds. The summed E-state index contributed by atoms with van der Waals surface area (Å²) < 4.78 is 25.1. The second kappa shape index (κ2) is 10.3. The maximum atomic E-state index is 10.2. The van der Waals surface area contributed by atoms with Crippen molar-refractivity contribution in [3.63, 3.8) is 0 Å². The first kappa shape index (κ1) is 22.4. The third-order valence-electron chi connectivity index (χ3n) is 4.92. The number of benzene rings is 3. The zero-order valence-corrected chi connectivity index (χ0v) is 19.7. The minimum atomic E-state index is -1.59. The molecule has 2 aliphatic heterocycles. The van der Waals surface area contributed by atoms with Crippen LogP contribution in [0.4, 0.5) is 5.69 Å². The lowest BCUT2D eigenvalue weighted by molar-refractivity contribution is -0.0760. The van der Waals surface area contributed by atoms with E-state index in [0.29, 0.717) is 29.4 Å². The van der Waals surface area contributed by atoms with Crippen LogP contribution in [0, 0.1) is 6.92 Å². The van der Waals surface area contributed by atoms with E-state index < -0.39 is 11.3 Å². The number of fused-ring (bicyclic) bond motifs is 1. The topological polar surface area (TPSA) is 100 Å². The van der Waals surface area contributed by atoms with Gasteiger partial charge in [0.05, 0.1) is 17.7 Å². The second-order valence-electron chi connectivity index (χ2n) is 7.44. The highest BCUT2D eigenvalue weighted by Gasteiger charge is 2.35. The average molecular weight is 496 g/mol. The van der Waals surface area contributed by atoms with Crippen molar-refractivity contribution in [3.8, 4) is 11.5 Å². The van der Waals surface area contributed by atoms with Crippen LogP contribution in [0.25, 0.3) is 0 Å². The molecule has 9 nitrogen and oxygen atoms in total. The first-order valence-electron chi connectivity index (χ1n) is 10.4. The smallest absolute Gasteiger partial charge is 0.235 e. The van der Waals surface area contributed by atoms with Gasteiger partial charge in [-0.1, -0.05) is 35.9 Å². The minimum absolute atomic E-state index is 0.0756. The monoisotopic (exact) mass is 495 g/mol. The number of para-hydroxylation sites is 1. The summed E-state index contributed by atoms with van der Waals surface area (Å²) in [5, 5.41) is 11.6. The number of hydrogen-bond acceptors (Lipinski definition) is 9. The van der Waals surface area contributed by atoms with Crippen molar-refractivity contribution in [2.24, 2.45) is 14.6 Å². The largest absolute Gasteiger partial charge is 0.395 e. The molecule has 0 bridgehead atoms. The van der Waals surface area contributed by atoms with Gasteiger partial charge in [0.1, 0.15) is 17.0 Å². The summed E-state index contributed by atoms with van der Waals surface area (Å²) in [7, 11) is 0. The second-order valence-corrected chi connectivity index (χ2v) is 9.02. The SMILES string of the molecule is Cc1ccc(OS(O)=Nc2ccc(C3=NNC4CC(SOOc5ccccc5)=NN34)cc2)cc1. The molecule has 0 saturated heterocycles. The highest BCUT2D eigenvalue weighted by Crippen LogP contribution is 2.28. The van der Waals surface area contributed by atoms with Gasteiger partial charge in [0.2, 0.25) is 11.3 Å². The Morgan fingerprint density at radius 1 is 1.03 bits per heavy atom. The van der Waals surface area contributed by atoms with E-state index in [1.54, 1.807) is 24.3 Å². The molecule has 0 aromatic heterocycles. The molecule has 11 heteroatoms. The van der Waals surface area contributed by atoms with Crippen molar-refractivity contribution in [1.82, 2.24) is 10.4 Å². The molecule has 2 unspecified atom stereocenters. The molecule has 34 heavy (non-hydrogen) atoms. The summed E-state index contributed by atoms with van der Waals surface area (Å²) in [5.74, 6) is 1.87. The Labute approximate surface area is 203 Å². The fourth-order valence-corrected chi connectivity index (χ4v) is 4.40. The van der Waals surface area contributed by atoms with Crippen molar-refractivity contribution < 1.29 is 18.0 Å². The van der Waals surface area contributed by atoms with Gasteiger partial charge in [-0.3, -0.25) is 9.98 Å². The van der Waals surface area contributed by atoms with Gasteiger partial charge < -0.3 is 9.07 Å². The van der Waals surface area contributed by atoms with Gasteiger partial charge in [0, 0.05) is 12.0 Å². The van der Waals surface area contributed by atoms with E-state index in [1.165, 1.54) is 0 Å². The molecule has 2 heterocycles. The van der Waals surface area contributed by atoms with Crippen molar-refractivity contribution in [2.45, 2.75) is 19.5 Å². The van der Waals surface area contributed by atoms with Gasteiger partial charge >= 0.3 is 0 Å². The van der Waals surface area contributed by atoms with Gasteiger partial charge in [-0.25, -0.2) is 5.01 Å². The predicted octanol–water partition coefficient (Wildman–Crippen LogP) is 5.16. The molecule has 174 valence electrons. The maximum absolute atomic E-state index is 10.2. The summed E-state index contributed by atoms with van der Waals surface area (Å²) in [6.07, 6.45) is 0.556. The lowest BCUT2D eigenvalue weighted by Gasteiger charge is -2.14. The number of hydrogen-bond donors (Lipinski definition) is 2. The number of amidine groups is 1. The molecule has 0 spiro atoms. The predicted molar refractivity (Wildman–Crippen MR) is 133 cm³/mol. The molecule has 2 atom stereocenters. The standard InChI is InChI=1S/C23H21N5O4S2/c1-16-7-13-20(14-8-16)31-34(29)27-18-11-9-17(10-12-18)23-25-24-21-15-22(26-28(21)23)33-32-30-19-5-3-2-4-6-19/h2-14,21,24H,15H2,1H3,(H,27,29). The summed E-state index contributed by atoms with van der Waals surface area (Å²) in [6, 6.07) is 24.0. The van der Waals surface area contributed by atoms with Crippen LogP contribution in [0.3, 0.4) is 0 Å². The Morgan fingerprint density at radius 3 is 2.56 bits per heavy atom. The van der Waals surface area contributed by atoms with Crippen molar-refractivity contribution in [2.75, 3.05) is 0 Å². The quantitative estimate of drug-likeness (QED) is 0.265. The molecule has 0 aliphatic carbocycles. The third-order valence-corrected chi connectivity index (χ3v) is 6.21. The highest BCUT2D eigenvalue weighted by atomic mass is 32.2. The van der Waals surface area contributed by atoms with E-state index in [4.69, 9.17) is 13.4 Å². The van der Waals surface area contributed by atoms with E-state index in [2.05, 4.69) is 20.0 Å². The number of hydrazone groups is 2. The molecule has 5 rings (SSSR count). The van der Waals surface area contributed by atoms with E-state index in [0.717, 1.165) is 28.2 Å². The van der Waals surface area contributed by atoms with Crippen LogP contribution in [-0.4, -0.2) is 26.6 Å². The zero-order valence-electron chi connectivity index (χ0n) is 18.1. The van der Waals surface area contributed by atoms with E-state index >= 15 is 0 Å². The van der Waals surface area contributed by atoms with Gasteiger partial charge in [0.25, 0.3) is 0 Å². The van der Waals surface area contributed by atoms with Crippen LogP contribution in [-0.2, 0) is 15.6 Å². The summed E-state index contributed by atoms with van der Waals surface area (Å²) in [4.78, 5) is 5.26. The molecular weight excluding hydrogens is 474 g/mol. The van der Waals surface area contributed by atoms with E-state index in [9.17, 15) is 4.55 Å². The van der Waals surface area contributed by atoms with Crippen LogP contribution in [0.15, 0.2) is 93.4 Å². The Bertz CT molecular complexity index is 1230. The van der Waals surface area contributed by atoms with Gasteiger partial charge in [-0.15, -0.1) is 4.33 Å². The molecule has 0 fully saturated rings. The van der Waals surface area contributed by atoms with Crippen molar-refractivity contribution >= 4 is 39.9 Å². The van der Waals surface area contributed by atoms with E-state index in [1.807, 2.05) is 66.5 Å². The number of nitrogens with zero attached hydrogens (tertiary/aromatic N) is 4. The zero-order chi connectivity index (χ0) is 23.3. The van der Waals surface area contributed by atoms with Crippen LogP contribution in [0.1, 0.15) is 17.5 Å². The van der Waals surface area contributed by atoms with Crippen LogP contribution < -0.4 is 14.5 Å². The van der Waals surface area contributed by atoms with Gasteiger partial charge in [-0.05, 0) is 55.5 Å².